The summed E-state index contributed by atoms with van der Waals surface area (Å²) in [4.78, 5) is 13.5. The van der Waals surface area contributed by atoms with Gasteiger partial charge in [-0.2, -0.15) is 0 Å². The summed E-state index contributed by atoms with van der Waals surface area (Å²) < 4.78 is 28.0. The summed E-state index contributed by atoms with van der Waals surface area (Å²) >= 11 is 0. The molecule has 2 aliphatic rings. The summed E-state index contributed by atoms with van der Waals surface area (Å²) in [6.07, 6.45) is 4.41. The highest BCUT2D eigenvalue weighted by atomic mass is 32.2. The van der Waals surface area contributed by atoms with Gasteiger partial charge in [0, 0.05) is 31.2 Å². The second kappa shape index (κ2) is 6.22. The zero-order valence-electron chi connectivity index (χ0n) is 13.3. The molecule has 3 rings (SSSR count). The molecule has 0 radical (unpaired) electrons. The van der Waals surface area contributed by atoms with E-state index in [1.807, 2.05) is 0 Å². The van der Waals surface area contributed by atoms with Crippen LogP contribution < -0.4 is 15.4 Å². The van der Waals surface area contributed by atoms with E-state index in [1.54, 1.807) is 23.1 Å². The molecule has 0 bridgehead atoms. The van der Waals surface area contributed by atoms with E-state index in [-0.39, 0.29) is 22.9 Å². The predicted octanol–water partition coefficient (Wildman–Crippen LogP) is 1.14. The van der Waals surface area contributed by atoms with Crippen molar-refractivity contribution >= 4 is 21.6 Å². The van der Waals surface area contributed by atoms with Crippen molar-refractivity contribution in [2.75, 3.05) is 11.4 Å². The van der Waals surface area contributed by atoms with Crippen molar-refractivity contribution in [1.82, 2.24) is 4.72 Å². The number of carbonyl (C=O) groups is 1. The van der Waals surface area contributed by atoms with Crippen LogP contribution in [0.3, 0.4) is 0 Å². The Morgan fingerprint density at radius 3 is 2.74 bits per heavy atom. The summed E-state index contributed by atoms with van der Waals surface area (Å²) in [7, 11) is -3.63. The van der Waals surface area contributed by atoms with E-state index < -0.39 is 10.0 Å². The van der Waals surface area contributed by atoms with Crippen molar-refractivity contribution in [3.63, 3.8) is 0 Å². The van der Waals surface area contributed by atoms with E-state index in [0.717, 1.165) is 37.7 Å². The van der Waals surface area contributed by atoms with Gasteiger partial charge in [-0.25, -0.2) is 13.1 Å². The predicted molar refractivity (Wildman–Crippen MR) is 88.7 cm³/mol. The third-order valence-corrected chi connectivity index (χ3v) is 6.26. The van der Waals surface area contributed by atoms with Gasteiger partial charge < -0.3 is 10.6 Å². The summed E-state index contributed by atoms with van der Waals surface area (Å²) in [6, 6.07) is 4.65. The van der Waals surface area contributed by atoms with Crippen LogP contribution >= 0.6 is 0 Å². The minimum atomic E-state index is -3.63. The molecular weight excluding hydrogens is 314 g/mol. The molecule has 23 heavy (non-hydrogen) atoms. The molecule has 1 aliphatic heterocycles. The molecule has 126 valence electrons. The Bertz CT molecular complexity index is 717. The number of benzene rings is 1. The van der Waals surface area contributed by atoms with Gasteiger partial charge in [0.1, 0.15) is 0 Å². The van der Waals surface area contributed by atoms with Gasteiger partial charge in [0.05, 0.1) is 4.90 Å². The van der Waals surface area contributed by atoms with Crippen LogP contribution in [0.5, 0.6) is 0 Å². The maximum atomic E-state index is 12.7. The normalized spacial score (nSPS) is 24.5. The standard InChI is InChI=1S/C16H23N3O3S/c1-11(20)19-9-8-12-6-7-13(10-16(12)19)23(21,22)18-15-5-3-2-4-14(15)17/h6-7,10,14-15,18H,2-5,8-9,17H2,1H3/t14-,15-/m1/s1. The number of nitrogens with two attached hydrogens (primary N) is 1. The number of hydrogen-bond acceptors (Lipinski definition) is 4. The number of amides is 1. The molecule has 1 aliphatic carbocycles. The minimum Gasteiger partial charge on any atom is -0.326 e. The van der Waals surface area contributed by atoms with E-state index in [9.17, 15) is 13.2 Å². The summed E-state index contributed by atoms with van der Waals surface area (Å²) in [5.41, 5.74) is 7.75. The molecule has 1 heterocycles. The minimum absolute atomic E-state index is 0.0689. The first-order chi connectivity index (χ1) is 10.9. The first-order valence-electron chi connectivity index (χ1n) is 8.07. The molecule has 0 aromatic heterocycles. The molecule has 1 fully saturated rings. The molecule has 0 spiro atoms. The number of anilines is 1. The van der Waals surface area contributed by atoms with Crippen LogP contribution in [0.25, 0.3) is 0 Å². The lowest BCUT2D eigenvalue weighted by Gasteiger charge is -2.29. The Morgan fingerprint density at radius 1 is 1.30 bits per heavy atom. The van der Waals surface area contributed by atoms with Crippen molar-refractivity contribution in [2.45, 2.75) is 56.0 Å². The van der Waals surface area contributed by atoms with Crippen molar-refractivity contribution in [1.29, 1.82) is 0 Å². The molecule has 0 saturated heterocycles. The fraction of sp³-hybridized carbons (Fsp3) is 0.562. The Kier molecular flexibility index (Phi) is 4.44. The van der Waals surface area contributed by atoms with Gasteiger partial charge >= 0.3 is 0 Å². The number of nitrogens with one attached hydrogen (secondary N) is 1. The van der Waals surface area contributed by atoms with Gasteiger partial charge in [-0.3, -0.25) is 4.79 Å². The third kappa shape index (κ3) is 3.27. The van der Waals surface area contributed by atoms with Crippen LogP contribution in [-0.2, 0) is 21.2 Å². The van der Waals surface area contributed by atoms with Crippen molar-refractivity contribution < 1.29 is 13.2 Å². The molecule has 2 atom stereocenters. The number of sulfonamides is 1. The molecule has 1 amide bonds. The van der Waals surface area contributed by atoms with E-state index in [4.69, 9.17) is 5.73 Å². The fourth-order valence-electron chi connectivity index (χ4n) is 3.43. The second-order valence-electron chi connectivity index (χ2n) is 6.39. The van der Waals surface area contributed by atoms with E-state index in [0.29, 0.717) is 12.2 Å². The Balaban J connectivity index is 1.86. The zero-order valence-corrected chi connectivity index (χ0v) is 14.1. The Hall–Kier alpha value is -1.44. The van der Waals surface area contributed by atoms with Gasteiger partial charge in [0.25, 0.3) is 0 Å². The Morgan fingerprint density at radius 2 is 2.04 bits per heavy atom. The number of carbonyl (C=O) groups excluding carboxylic acids is 1. The Labute approximate surface area is 137 Å². The van der Waals surface area contributed by atoms with Crippen LogP contribution in [0.2, 0.25) is 0 Å². The maximum Gasteiger partial charge on any atom is 0.240 e. The topological polar surface area (TPSA) is 92.5 Å². The zero-order chi connectivity index (χ0) is 16.6. The molecule has 3 N–H and O–H groups in total. The highest BCUT2D eigenvalue weighted by molar-refractivity contribution is 7.89. The van der Waals surface area contributed by atoms with Crippen LogP contribution in [0.15, 0.2) is 23.1 Å². The van der Waals surface area contributed by atoms with Gasteiger partial charge in [0.15, 0.2) is 0 Å². The molecule has 6 nitrogen and oxygen atoms in total. The first-order valence-corrected chi connectivity index (χ1v) is 9.56. The molecular formula is C16H23N3O3S. The van der Waals surface area contributed by atoms with Gasteiger partial charge in [-0.15, -0.1) is 0 Å². The monoisotopic (exact) mass is 337 g/mol. The molecule has 7 heteroatoms. The van der Waals surface area contributed by atoms with Crippen molar-refractivity contribution in [3.05, 3.63) is 23.8 Å². The highest BCUT2D eigenvalue weighted by Crippen LogP contribution is 2.31. The van der Waals surface area contributed by atoms with E-state index in [1.165, 1.54) is 6.92 Å². The SMILES string of the molecule is CC(=O)N1CCc2ccc(S(=O)(=O)N[C@@H]3CCCC[C@H]3N)cc21. The quantitative estimate of drug-likeness (QED) is 0.865. The number of fused-ring (bicyclic) bond motifs is 1. The van der Waals surface area contributed by atoms with Crippen molar-refractivity contribution in [2.24, 2.45) is 5.73 Å². The second-order valence-corrected chi connectivity index (χ2v) is 8.10. The molecule has 1 saturated carbocycles. The average Bonchev–Trinajstić information content (AvgIpc) is 2.92. The molecule has 1 aromatic carbocycles. The number of rotatable bonds is 3. The molecule has 0 unspecified atom stereocenters. The highest BCUT2D eigenvalue weighted by Gasteiger charge is 2.29. The van der Waals surface area contributed by atoms with Gasteiger partial charge in [-0.1, -0.05) is 18.9 Å². The number of hydrogen-bond donors (Lipinski definition) is 2. The van der Waals surface area contributed by atoms with Crippen LogP contribution in [0, 0.1) is 0 Å². The van der Waals surface area contributed by atoms with Crippen LogP contribution in [0.1, 0.15) is 38.2 Å². The van der Waals surface area contributed by atoms with Crippen LogP contribution in [0.4, 0.5) is 5.69 Å². The third-order valence-electron chi connectivity index (χ3n) is 4.77. The van der Waals surface area contributed by atoms with Gasteiger partial charge in [0.2, 0.25) is 15.9 Å². The lowest BCUT2D eigenvalue weighted by Crippen LogP contribution is -2.49. The van der Waals surface area contributed by atoms with E-state index in [2.05, 4.69) is 4.72 Å². The van der Waals surface area contributed by atoms with Crippen molar-refractivity contribution in [3.8, 4) is 0 Å². The summed E-state index contributed by atoms with van der Waals surface area (Å²) in [5.74, 6) is -0.0689. The van der Waals surface area contributed by atoms with Gasteiger partial charge in [-0.05, 0) is 37.0 Å². The van der Waals surface area contributed by atoms with Crippen LogP contribution in [-0.4, -0.2) is 33.0 Å². The van der Waals surface area contributed by atoms with E-state index >= 15 is 0 Å². The average molecular weight is 337 g/mol. The fourth-order valence-corrected chi connectivity index (χ4v) is 4.77. The summed E-state index contributed by atoms with van der Waals surface area (Å²) in [6.45, 7) is 2.10. The smallest absolute Gasteiger partial charge is 0.240 e. The maximum absolute atomic E-state index is 12.7. The number of nitrogens with zero attached hydrogens (tertiary/aromatic N) is 1. The lowest BCUT2D eigenvalue weighted by atomic mass is 9.92. The molecule has 1 aromatic rings. The lowest BCUT2D eigenvalue weighted by molar-refractivity contribution is -0.116. The summed E-state index contributed by atoms with van der Waals surface area (Å²) in [5, 5.41) is 0. The first kappa shape index (κ1) is 16.4. The largest absolute Gasteiger partial charge is 0.326 e.